The number of sulfone groups is 1. The number of carbonyl (C=O) groups is 1. The SMILES string of the molecule is Cc1cc(NC(=O)c2cc(C[C@H](C)O)n(-c3ccc(Cl)cc3C(F)(F)F)c2C)ccc1S(C)(=O)=O. The Morgan fingerprint density at radius 2 is 1.80 bits per heavy atom. The first-order chi connectivity index (χ1) is 16.1. The second-order valence-corrected chi connectivity index (χ2v) is 10.8. The van der Waals surface area contributed by atoms with Crippen LogP contribution in [0.25, 0.3) is 5.69 Å². The van der Waals surface area contributed by atoms with Crippen molar-refractivity contribution in [1.29, 1.82) is 0 Å². The Kier molecular flexibility index (Phi) is 7.40. The number of aromatic nitrogens is 1. The molecule has 1 atom stereocenters. The highest BCUT2D eigenvalue weighted by Gasteiger charge is 2.35. The number of anilines is 1. The third-order valence-electron chi connectivity index (χ3n) is 5.41. The Morgan fingerprint density at radius 3 is 2.34 bits per heavy atom. The van der Waals surface area contributed by atoms with E-state index in [1.54, 1.807) is 6.92 Å². The van der Waals surface area contributed by atoms with Gasteiger partial charge in [0.05, 0.1) is 27.8 Å². The van der Waals surface area contributed by atoms with Crippen LogP contribution in [0.2, 0.25) is 5.02 Å². The molecule has 2 N–H and O–H groups in total. The largest absolute Gasteiger partial charge is 0.418 e. The zero-order valence-electron chi connectivity index (χ0n) is 19.4. The van der Waals surface area contributed by atoms with Gasteiger partial charge in [-0.1, -0.05) is 11.6 Å². The van der Waals surface area contributed by atoms with Crippen molar-refractivity contribution in [2.45, 2.75) is 44.4 Å². The molecule has 0 bridgehead atoms. The molecule has 0 aliphatic rings. The van der Waals surface area contributed by atoms with E-state index in [1.165, 1.54) is 54.8 Å². The number of aliphatic hydroxyl groups is 1. The molecule has 2 aromatic carbocycles. The number of aryl methyl sites for hydroxylation is 1. The summed E-state index contributed by atoms with van der Waals surface area (Å²) in [4.78, 5) is 13.2. The molecule has 0 aliphatic heterocycles. The van der Waals surface area contributed by atoms with Crippen molar-refractivity contribution in [3.63, 3.8) is 0 Å². The van der Waals surface area contributed by atoms with E-state index in [0.29, 0.717) is 16.9 Å². The minimum Gasteiger partial charge on any atom is -0.393 e. The van der Waals surface area contributed by atoms with Gasteiger partial charge in [0.15, 0.2) is 9.84 Å². The summed E-state index contributed by atoms with van der Waals surface area (Å²) in [5.74, 6) is -0.595. The fraction of sp³-hybridized carbons (Fsp3) is 0.292. The molecule has 11 heteroatoms. The Balaban J connectivity index is 2.10. The summed E-state index contributed by atoms with van der Waals surface area (Å²) in [7, 11) is -3.44. The van der Waals surface area contributed by atoms with Gasteiger partial charge in [0.1, 0.15) is 0 Å². The number of halogens is 4. The number of benzene rings is 2. The summed E-state index contributed by atoms with van der Waals surface area (Å²) in [6.45, 7) is 4.59. The predicted octanol–water partition coefficient (Wildman–Crippen LogP) is 5.35. The van der Waals surface area contributed by atoms with E-state index in [1.807, 2.05) is 0 Å². The standard InChI is InChI=1S/C24H24ClF3N2O4S/c1-13-9-17(6-8-22(13)35(4,33)34)29-23(32)19-12-18(10-14(2)31)30(15(19)3)21-7-5-16(25)11-20(21)24(26,27)28/h5-9,11-12,14,31H,10H2,1-4H3,(H,29,32)/t14-/m0/s1. The molecule has 1 heterocycles. The van der Waals surface area contributed by atoms with E-state index in [-0.39, 0.29) is 33.3 Å². The van der Waals surface area contributed by atoms with Crippen LogP contribution in [0.15, 0.2) is 47.4 Å². The maximum Gasteiger partial charge on any atom is 0.418 e. The average molecular weight is 529 g/mol. The fourth-order valence-corrected chi connectivity index (χ4v) is 5.09. The lowest BCUT2D eigenvalue weighted by Crippen LogP contribution is -2.16. The normalized spacial score (nSPS) is 13.1. The smallest absolute Gasteiger partial charge is 0.393 e. The van der Waals surface area contributed by atoms with Crippen molar-refractivity contribution in [2.75, 3.05) is 11.6 Å². The molecule has 1 aromatic heterocycles. The van der Waals surface area contributed by atoms with Crippen molar-refractivity contribution in [3.05, 3.63) is 75.6 Å². The minimum absolute atomic E-state index is 0.00376. The van der Waals surface area contributed by atoms with Crippen LogP contribution >= 0.6 is 11.6 Å². The molecule has 0 radical (unpaired) electrons. The van der Waals surface area contributed by atoms with Crippen LogP contribution in [0.1, 0.15) is 39.8 Å². The van der Waals surface area contributed by atoms with Gasteiger partial charge in [0.2, 0.25) is 0 Å². The number of hydrogen-bond donors (Lipinski definition) is 2. The van der Waals surface area contributed by atoms with Crippen molar-refractivity contribution >= 4 is 33.0 Å². The van der Waals surface area contributed by atoms with E-state index in [4.69, 9.17) is 11.6 Å². The summed E-state index contributed by atoms with van der Waals surface area (Å²) in [6.07, 6.45) is -4.52. The molecule has 3 aromatic rings. The Morgan fingerprint density at radius 1 is 1.14 bits per heavy atom. The summed E-state index contributed by atoms with van der Waals surface area (Å²) in [6, 6.07) is 9.10. The average Bonchev–Trinajstić information content (AvgIpc) is 3.01. The Bertz CT molecular complexity index is 1400. The Hall–Kier alpha value is -2.82. The van der Waals surface area contributed by atoms with Crippen molar-refractivity contribution in [2.24, 2.45) is 0 Å². The van der Waals surface area contributed by atoms with Crippen LogP contribution in [0.3, 0.4) is 0 Å². The van der Waals surface area contributed by atoms with Crippen molar-refractivity contribution in [1.82, 2.24) is 4.57 Å². The van der Waals surface area contributed by atoms with Gasteiger partial charge in [-0.15, -0.1) is 0 Å². The van der Waals surface area contributed by atoms with Crippen molar-refractivity contribution in [3.8, 4) is 5.69 Å². The van der Waals surface area contributed by atoms with Crippen LogP contribution in [0, 0.1) is 13.8 Å². The third-order valence-corrected chi connectivity index (χ3v) is 6.90. The lowest BCUT2D eigenvalue weighted by molar-refractivity contribution is -0.137. The molecule has 0 spiro atoms. The molecule has 0 saturated heterocycles. The van der Waals surface area contributed by atoms with Gasteiger partial charge in [-0.2, -0.15) is 13.2 Å². The highest BCUT2D eigenvalue weighted by atomic mass is 35.5. The van der Waals surface area contributed by atoms with Crippen molar-refractivity contribution < 1.29 is 31.5 Å². The Labute approximate surface area is 206 Å². The van der Waals surface area contributed by atoms with Gasteiger partial charge in [-0.05, 0) is 68.8 Å². The maximum atomic E-state index is 13.8. The molecule has 188 valence electrons. The first kappa shape index (κ1) is 26.8. The van der Waals surface area contributed by atoms with Gasteiger partial charge < -0.3 is 15.0 Å². The minimum atomic E-state index is -4.71. The first-order valence-corrected chi connectivity index (χ1v) is 12.7. The number of nitrogens with zero attached hydrogens (tertiary/aromatic N) is 1. The zero-order chi connectivity index (χ0) is 26.3. The summed E-state index contributed by atoms with van der Waals surface area (Å²) >= 11 is 5.82. The van der Waals surface area contributed by atoms with Crippen LogP contribution in [0.5, 0.6) is 0 Å². The molecule has 3 rings (SSSR count). The van der Waals surface area contributed by atoms with E-state index in [0.717, 1.165) is 12.3 Å². The number of carbonyl (C=O) groups excluding carboxylic acids is 1. The van der Waals surface area contributed by atoms with Crippen LogP contribution in [-0.2, 0) is 22.4 Å². The van der Waals surface area contributed by atoms with Gasteiger partial charge in [0, 0.05) is 34.8 Å². The zero-order valence-corrected chi connectivity index (χ0v) is 20.9. The number of rotatable bonds is 6. The second kappa shape index (κ2) is 9.67. The van der Waals surface area contributed by atoms with Crippen LogP contribution in [0.4, 0.5) is 18.9 Å². The van der Waals surface area contributed by atoms with Gasteiger partial charge >= 0.3 is 6.18 Å². The van der Waals surface area contributed by atoms with E-state index < -0.39 is 33.6 Å². The van der Waals surface area contributed by atoms with Gasteiger partial charge in [-0.3, -0.25) is 4.79 Å². The molecule has 35 heavy (non-hydrogen) atoms. The fourth-order valence-electron chi connectivity index (χ4n) is 3.96. The van der Waals surface area contributed by atoms with E-state index in [2.05, 4.69) is 5.32 Å². The number of amides is 1. The summed E-state index contributed by atoms with van der Waals surface area (Å²) in [5.41, 5.74) is 0.206. The van der Waals surface area contributed by atoms with Gasteiger partial charge in [0.25, 0.3) is 5.91 Å². The second-order valence-electron chi connectivity index (χ2n) is 8.39. The third kappa shape index (κ3) is 5.88. The quantitative estimate of drug-likeness (QED) is 0.452. The van der Waals surface area contributed by atoms with Crippen LogP contribution in [-0.4, -0.2) is 36.4 Å². The number of alkyl halides is 3. The highest BCUT2D eigenvalue weighted by molar-refractivity contribution is 7.90. The summed E-state index contributed by atoms with van der Waals surface area (Å²) in [5, 5.41) is 12.5. The molecule has 0 fully saturated rings. The molecular weight excluding hydrogens is 505 g/mol. The lowest BCUT2D eigenvalue weighted by atomic mass is 10.1. The maximum absolute atomic E-state index is 13.8. The predicted molar refractivity (Wildman–Crippen MR) is 128 cm³/mol. The number of hydrogen-bond acceptors (Lipinski definition) is 4. The molecule has 0 unspecified atom stereocenters. The number of nitrogens with one attached hydrogen (secondary N) is 1. The topological polar surface area (TPSA) is 88.4 Å². The molecule has 0 saturated carbocycles. The lowest BCUT2D eigenvalue weighted by Gasteiger charge is -2.19. The molecule has 6 nitrogen and oxygen atoms in total. The number of aliphatic hydroxyl groups excluding tert-OH is 1. The van der Waals surface area contributed by atoms with E-state index in [9.17, 15) is 31.5 Å². The summed E-state index contributed by atoms with van der Waals surface area (Å²) < 4.78 is 66.4. The van der Waals surface area contributed by atoms with Crippen LogP contribution < -0.4 is 5.32 Å². The van der Waals surface area contributed by atoms with Gasteiger partial charge in [-0.25, -0.2) is 8.42 Å². The molecular formula is C24H24ClF3N2O4S. The first-order valence-electron chi connectivity index (χ1n) is 10.5. The highest BCUT2D eigenvalue weighted by Crippen LogP contribution is 2.37. The van der Waals surface area contributed by atoms with E-state index >= 15 is 0 Å². The molecule has 1 amide bonds. The molecule has 0 aliphatic carbocycles. The monoisotopic (exact) mass is 528 g/mol.